The summed E-state index contributed by atoms with van der Waals surface area (Å²) in [4.78, 5) is 17.9. The lowest BCUT2D eigenvalue weighted by atomic mass is 9.96. The van der Waals surface area contributed by atoms with Crippen LogP contribution in [0.5, 0.6) is 5.75 Å². The Morgan fingerprint density at radius 1 is 1.16 bits per heavy atom. The van der Waals surface area contributed by atoms with E-state index in [0.29, 0.717) is 5.56 Å². The SMILES string of the molecule is O=[N+]([O-])c1cccc(C(c2c[nH]c3ccccc23)n2ccnc2)c1O. The van der Waals surface area contributed by atoms with Gasteiger partial charge in [-0.25, -0.2) is 4.98 Å². The number of nitro benzene ring substituents is 1. The van der Waals surface area contributed by atoms with Crippen LogP contribution in [0.3, 0.4) is 0 Å². The van der Waals surface area contributed by atoms with Gasteiger partial charge in [0, 0.05) is 46.7 Å². The van der Waals surface area contributed by atoms with Crippen LogP contribution in [0.15, 0.2) is 67.4 Å². The van der Waals surface area contributed by atoms with E-state index in [1.807, 2.05) is 35.0 Å². The molecular weight excluding hydrogens is 320 g/mol. The first-order valence-corrected chi connectivity index (χ1v) is 7.66. The van der Waals surface area contributed by atoms with E-state index in [0.717, 1.165) is 16.5 Å². The molecule has 0 saturated heterocycles. The molecule has 0 aliphatic rings. The largest absolute Gasteiger partial charge is 0.502 e. The zero-order chi connectivity index (χ0) is 17.4. The molecule has 0 amide bonds. The highest BCUT2D eigenvalue weighted by atomic mass is 16.6. The van der Waals surface area contributed by atoms with Crippen molar-refractivity contribution in [1.29, 1.82) is 0 Å². The van der Waals surface area contributed by atoms with Crippen LogP contribution in [0.2, 0.25) is 0 Å². The Labute approximate surface area is 142 Å². The van der Waals surface area contributed by atoms with Crippen molar-refractivity contribution in [1.82, 2.24) is 14.5 Å². The highest BCUT2D eigenvalue weighted by Gasteiger charge is 2.26. The van der Waals surface area contributed by atoms with Crippen molar-refractivity contribution < 1.29 is 10.0 Å². The number of aromatic hydroxyl groups is 1. The highest BCUT2D eigenvalue weighted by molar-refractivity contribution is 5.84. The number of aromatic nitrogens is 3. The molecule has 1 atom stereocenters. The van der Waals surface area contributed by atoms with E-state index in [-0.39, 0.29) is 11.4 Å². The number of hydrogen-bond acceptors (Lipinski definition) is 4. The number of phenols is 1. The van der Waals surface area contributed by atoms with Gasteiger partial charge in [0.05, 0.1) is 17.3 Å². The molecule has 0 radical (unpaired) electrons. The van der Waals surface area contributed by atoms with Gasteiger partial charge >= 0.3 is 5.69 Å². The Bertz CT molecular complexity index is 1050. The lowest BCUT2D eigenvalue weighted by molar-refractivity contribution is -0.385. The molecule has 7 heteroatoms. The summed E-state index contributed by atoms with van der Waals surface area (Å²) in [6.45, 7) is 0. The summed E-state index contributed by atoms with van der Waals surface area (Å²) in [5.74, 6) is -0.337. The van der Waals surface area contributed by atoms with Crippen molar-refractivity contribution in [2.24, 2.45) is 0 Å². The molecule has 0 bridgehead atoms. The number of rotatable bonds is 4. The molecule has 1 unspecified atom stereocenters. The molecule has 2 aromatic carbocycles. The number of nitro groups is 1. The number of nitrogens with one attached hydrogen (secondary N) is 1. The minimum atomic E-state index is -0.584. The molecular formula is C18H14N4O3. The molecule has 0 aliphatic heterocycles. The lowest BCUT2D eigenvalue weighted by Crippen LogP contribution is -2.11. The first-order chi connectivity index (χ1) is 12.2. The second-order valence-electron chi connectivity index (χ2n) is 5.67. The number of phenolic OH excluding ortho intramolecular Hbond substituents is 1. The predicted molar refractivity (Wildman–Crippen MR) is 92.5 cm³/mol. The maximum atomic E-state index is 11.2. The summed E-state index contributed by atoms with van der Waals surface area (Å²) < 4.78 is 1.81. The highest BCUT2D eigenvalue weighted by Crippen LogP contribution is 2.40. The van der Waals surface area contributed by atoms with Crippen LogP contribution in [-0.2, 0) is 0 Å². The van der Waals surface area contributed by atoms with Gasteiger partial charge < -0.3 is 14.7 Å². The van der Waals surface area contributed by atoms with Crippen molar-refractivity contribution in [3.63, 3.8) is 0 Å². The molecule has 4 aromatic rings. The topological polar surface area (TPSA) is 97.0 Å². The van der Waals surface area contributed by atoms with Crippen LogP contribution in [0.25, 0.3) is 10.9 Å². The van der Waals surface area contributed by atoms with Crippen LogP contribution in [0.4, 0.5) is 5.69 Å². The smallest absolute Gasteiger partial charge is 0.311 e. The predicted octanol–water partition coefficient (Wildman–Crippen LogP) is 3.62. The van der Waals surface area contributed by atoms with E-state index in [1.165, 1.54) is 6.07 Å². The van der Waals surface area contributed by atoms with Gasteiger partial charge in [0.2, 0.25) is 0 Å². The Kier molecular flexibility index (Phi) is 3.46. The van der Waals surface area contributed by atoms with E-state index in [9.17, 15) is 15.2 Å². The molecule has 2 aromatic heterocycles. The zero-order valence-electron chi connectivity index (χ0n) is 13.0. The van der Waals surface area contributed by atoms with Crippen molar-refractivity contribution in [3.8, 4) is 5.75 Å². The third-order valence-electron chi connectivity index (χ3n) is 4.28. The van der Waals surface area contributed by atoms with Crippen LogP contribution in [0.1, 0.15) is 17.2 Å². The van der Waals surface area contributed by atoms with Gasteiger partial charge in [0.25, 0.3) is 0 Å². The van der Waals surface area contributed by atoms with Gasteiger partial charge in [-0.3, -0.25) is 10.1 Å². The fraction of sp³-hybridized carbons (Fsp3) is 0.0556. The molecule has 25 heavy (non-hydrogen) atoms. The molecule has 0 fully saturated rings. The van der Waals surface area contributed by atoms with E-state index >= 15 is 0 Å². The van der Waals surface area contributed by atoms with Gasteiger partial charge in [-0.15, -0.1) is 0 Å². The second-order valence-corrected chi connectivity index (χ2v) is 5.67. The van der Waals surface area contributed by atoms with Crippen LogP contribution in [-0.4, -0.2) is 24.6 Å². The normalized spacial score (nSPS) is 12.3. The Morgan fingerprint density at radius 3 is 2.76 bits per heavy atom. The number of hydrogen-bond donors (Lipinski definition) is 2. The number of fused-ring (bicyclic) bond motifs is 1. The van der Waals surface area contributed by atoms with E-state index in [2.05, 4.69) is 9.97 Å². The molecule has 2 N–H and O–H groups in total. The van der Waals surface area contributed by atoms with E-state index in [4.69, 9.17) is 0 Å². The maximum Gasteiger partial charge on any atom is 0.311 e. The zero-order valence-corrected chi connectivity index (χ0v) is 13.0. The molecule has 7 nitrogen and oxygen atoms in total. The van der Waals surface area contributed by atoms with Crippen molar-refractivity contribution in [2.75, 3.05) is 0 Å². The first-order valence-electron chi connectivity index (χ1n) is 7.66. The number of para-hydroxylation sites is 2. The fourth-order valence-corrected chi connectivity index (χ4v) is 3.15. The van der Waals surface area contributed by atoms with Gasteiger partial charge in [0.1, 0.15) is 0 Å². The van der Waals surface area contributed by atoms with Crippen LogP contribution >= 0.6 is 0 Å². The molecule has 0 aliphatic carbocycles. The average molecular weight is 334 g/mol. The summed E-state index contributed by atoms with van der Waals surface area (Å²) in [6.07, 6.45) is 6.89. The summed E-state index contributed by atoms with van der Waals surface area (Å²) in [5, 5.41) is 22.7. The standard InChI is InChI=1S/C18H14N4O3/c23-18-13(5-3-7-16(18)22(24)25)17(21-9-8-19-11-21)14-10-20-15-6-2-1-4-12(14)15/h1-11,17,20,23H. The molecule has 0 saturated carbocycles. The Balaban J connectivity index is 1.98. The van der Waals surface area contributed by atoms with Crippen molar-refractivity contribution in [2.45, 2.75) is 6.04 Å². The van der Waals surface area contributed by atoms with Crippen LogP contribution < -0.4 is 0 Å². The summed E-state index contributed by atoms with van der Waals surface area (Å²) >= 11 is 0. The van der Waals surface area contributed by atoms with E-state index < -0.39 is 11.0 Å². The van der Waals surface area contributed by atoms with Crippen LogP contribution in [0, 0.1) is 10.1 Å². The van der Waals surface area contributed by atoms with Crippen molar-refractivity contribution in [3.05, 3.63) is 88.6 Å². The maximum absolute atomic E-state index is 11.2. The number of nitrogens with zero attached hydrogens (tertiary/aromatic N) is 3. The minimum absolute atomic E-state index is 0.317. The molecule has 0 spiro atoms. The van der Waals surface area contributed by atoms with Gasteiger partial charge in [0.15, 0.2) is 5.75 Å². The third-order valence-corrected chi connectivity index (χ3v) is 4.28. The Morgan fingerprint density at radius 2 is 2.00 bits per heavy atom. The van der Waals surface area contributed by atoms with Gasteiger partial charge in [-0.1, -0.05) is 30.3 Å². The summed E-state index contributed by atoms with van der Waals surface area (Å²) in [5.41, 5.74) is 1.97. The summed E-state index contributed by atoms with van der Waals surface area (Å²) in [7, 11) is 0. The van der Waals surface area contributed by atoms with Gasteiger partial charge in [-0.2, -0.15) is 0 Å². The minimum Gasteiger partial charge on any atom is -0.502 e. The quantitative estimate of drug-likeness (QED) is 0.440. The number of benzene rings is 2. The van der Waals surface area contributed by atoms with Gasteiger partial charge in [-0.05, 0) is 6.07 Å². The molecule has 124 valence electrons. The number of H-pyrrole nitrogens is 1. The lowest BCUT2D eigenvalue weighted by Gasteiger charge is -2.19. The number of aromatic amines is 1. The van der Waals surface area contributed by atoms with Crippen molar-refractivity contribution >= 4 is 16.6 Å². The monoisotopic (exact) mass is 334 g/mol. The molecule has 2 heterocycles. The Hall–Kier alpha value is -3.61. The summed E-state index contributed by atoms with van der Waals surface area (Å²) in [6, 6.07) is 11.9. The number of imidazole rings is 1. The molecule has 4 rings (SSSR count). The average Bonchev–Trinajstić information content (AvgIpc) is 3.27. The second kappa shape index (κ2) is 5.79. The third kappa shape index (κ3) is 2.42. The fourth-order valence-electron chi connectivity index (χ4n) is 3.15. The van der Waals surface area contributed by atoms with E-state index in [1.54, 1.807) is 30.9 Å². The first kappa shape index (κ1) is 14.9.